The third kappa shape index (κ3) is 3.07. The molecule has 1 aromatic heterocycles. The average molecular weight is 362 g/mol. The van der Waals surface area contributed by atoms with Crippen molar-refractivity contribution in [3.63, 3.8) is 0 Å². The van der Waals surface area contributed by atoms with E-state index in [9.17, 15) is 0 Å². The van der Waals surface area contributed by atoms with Gasteiger partial charge in [0.15, 0.2) is 0 Å². The highest BCUT2D eigenvalue weighted by molar-refractivity contribution is 5.83. The predicted octanol–water partition coefficient (Wildman–Crippen LogP) is 6.14. The first-order chi connectivity index (χ1) is 13.8. The number of para-hydroxylation sites is 2. The van der Waals surface area contributed by atoms with Crippen molar-refractivity contribution in [2.75, 3.05) is 0 Å². The summed E-state index contributed by atoms with van der Waals surface area (Å²) in [5, 5.41) is 2.56. The number of aryl methyl sites for hydroxylation is 1. The van der Waals surface area contributed by atoms with Crippen LogP contribution in [-0.2, 0) is 13.0 Å². The van der Waals surface area contributed by atoms with Crippen LogP contribution >= 0.6 is 0 Å². The van der Waals surface area contributed by atoms with E-state index in [0.29, 0.717) is 0 Å². The Balaban J connectivity index is 1.59. The van der Waals surface area contributed by atoms with Gasteiger partial charge in [0.05, 0.1) is 11.0 Å². The van der Waals surface area contributed by atoms with Crippen molar-refractivity contribution in [1.29, 1.82) is 0 Å². The molecule has 4 aromatic carbocycles. The van der Waals surface area contributed by atoms with E-state index < -0.39 is 0 Å². The molecule has 1 heterocycles. The number of fused-ring (bicyclic) bond motifs is 2. The fourth-order valence-electron chi connectivity index (χ4n) is 3.94. The summed E-state index contributed by atoms with van der Waals surface area (Å²) < 4.78 is 2.37. The van der Waals surface area contributed by atoms with Crippen LogP contribution in [0.5, 0.6) is 0 Å². The van der Waals surface area contributed by atoms with Gasteiger partial charge in [-0.2, -0.15) is 0 Å². The first-order valence-electron chi connectivity index (χ1n) is 9.74. The molecule has 5 rings (SSSR count). The minimum Gasteiger partial charge on any atom is -0.323 e. The SMILES string of the molecule is Cc1ccccc1Cc1nc2ccccc2n1Cc1ccc2ccccc2c1. The minimum absolute atomic E-state index is 0.826. The maximum Gasteiger partial charge on any atom is 0.114 e. The van der Waals surface area contributed by atoms with Gasteiger partial charge < -0.3 is 4.57 Å². The van der Waals surface area contributed by atoms with Crippen molar-refractivity contribution in [1.82, 2.24) is 9.55 Å². The molecule has 0 amide bonds. The third-order valence-corrected chi connectivity index (χ3v) is 5.50. The first-order valence-corrected chi connectivity index (χ1v) is 9.74. The summed E-state index contributed by atoms with van der Waals surface area (Å²) in [5.41, 5.74) is 6.20. The normalized spacial score (nSPS) is 11.3. The monoisotopic (exact) mass is 362 g/mol. The van der Waals surface area contributed by atoms with Gasteiger partial charge in [-0.05, 0) is 52.6 Å². The van der Waals surface area contributed by atoms with Crippen LogP contribution in [-0.4, -0.2) is 9.55 Å². The summed E-state index contributed by atoms with van der Waals surface area (Å²) in [5.74, 6) is 1.11. The van der Waals surface area contributed by atoms with E-state index in [1.165, 1.54) is 33.0 Å². The molecule has 2 heteroatoms. The van der Waals surface area contributed by atoms with Gasteiger partial charge in [-0.15, -0.1) is 0 Å². The quantitative estimate of drug-likeness (QED) is 0.376. The molecule has 0 aliphatic heterocycles. The number of rotatable bonds is 4. The molecule has 5 aromatic rings. The number of hydrogen-bond acceptors (Lipinski definition) is 1. The molecule has 0 spiro atoms. The van der Waals surface area contributed by atoms with E-state index in [-0.39, 0.29) is 0 Å². The van der Waals surface area contributed by atoms with Crippen LogP contribution in [0.2, 0.25) is 0 Å². The van der Waals surface area contributed by atoms with Crippen molar-refractivity contribution in [2.45, 2.75) is 19.9 Å². The van der Waals surface area contributed by atoms with Gasteiger partial charge in [0, 0.05) is 13.0 Å². The van der Waals surface area contributed by atoms with Gasteiger partial charge in [-0.1, -0.05) is 72.8 Å². The zero-order valence-electron chi connectivity index (χ0n) is 16.0. The summed E-state index contributed by atoms with van der Waals surface area (Å²) in [6.45, 7) is 3.00. The first kappa shape index (κ1) is 16.8. The topological polar surface area (TPSA) is 17.8 Å². The summed E-state index contributed by atoms with van der Waals surface area (Å²) >= 11 is 0. The van der Waals surface area contributed by atoms with E-state index in [1.54, 1.807) is 0 Å². The highest BCUT2D eigenvalue weighted by Crippen LogP contribution is 2.23. The van der Waals surface area contributed by atoms with Crippen LogP contribution in [0.15, 0.2) is 91.0 Å². The van der Waals surface area contributed by atoms with Gasteiger partial charge in [0.2, 0.25) is 0 Å². The Bertz CT molecular complexity index is 1280. The smallest absolute Gasteiger partial charge is 0.114 e. The van der Waals surface area contributed by atoms with Crippen molar-refractivity contribution < 1.29 is 0 Å². The van der Waals surface area contributed by atoms with Gasteiger partial charge in [0.25, 0.3) is 0 Å². The standard InChI is InChI=1S/C26H22N2/c1-19-8-2-3-10-22(19)17-26-27-24-12-6-7-13-25(24)28(26)18-20-14-15-21-9-4-5-11-23(21)16-20/h2-16H,17-18H2,1H3. The minimum atomic E-state index is 0.826. The van der Waals surface area contributed by atoms with Gasteiger partial charge in [0.1, 0.15) is 5.82 Å². The molecule has 0 aliphatic carbocycles. The average Bonchev–Trinajstić information content (AvgIpc) is 3.07. The molecule has 136 valence electrons. The van der Waals surface area contributed by atoms with Crippen molar-refractivity contribution in [2.24, 2.45) is 0 Å². The highest BCUT2D eigenvalue weighted by Gasteiger charge is 2.12. The molecule has 0 fully saturated rings. The third-order valence-electron chi connectivity index (χ3n) is 5.50. The van der Waals surface area contributed by atoms with Crippen LogP contribution in [0.25, 0.3) is 21.8 Å². The highest BCUT2D eigenvalue weighted by atomic mass is 15.1. The van der Waals surface area contributed by atoms with E-state index in [0.717, 1.165) is 24.3 Å². The van der Waals surface area contributed by atoms with Crippen molar-refractivity contribution in [3.8, 4) is 0 Å². The Morgan fingerprint density at radius 3 is 2.39 bits per heavy atom. The molecule has 0 bridgehead atoms. The Morgan fingerprint density at radius 2 is 1.50 bits per heavy atom. The van der Waals surface area contributed by atoms with Gasteiger partial charge >= 0.3 is 0 Å². The fraction of sp³-hybridized carbons (Fsp3) is 0.115. The molecule has 2 nitrogen and oxygen atoms in total. The molecule has 28 heavy (non-hydrogen) atoms. The second-order valence-corrected chi connectivity index (χ2v) is 7.39. The second-order valence-electron chi connectivity index (χ2n) is 7.39. The zero-order chi connectivity index (χ0) is 18.9. The summed E-state index contributed by atoms with van der Waals surface area (Å²) in [4.78, 5) is 4.97. The molecule has 0 radical (unpaired) electrons. The van der Waals surface area contributed by atoms with Crippen LogP contribution < -0.4 is 0 Å². The van der Waals surface area contributed by atoms with E-state index in [1.807, 2.05) is 0 Å². The summed E-state index contributed by atoms with van der Waals surface area (Å²) in [7, 11) is 0. The maximum atomic E-state index is 4.97. The van der Waals surface area contributed by atoms with Crippen LogP contribution in [0.3, 0.4) is 0 Å². The van der Waals surface area contributed by atoms with E-state index in [2.05, 4.69) is 102 Å². The lowest BCUT2D eigenvalue weighted by molar-refractivity contribution is 0.762. The van der Waals surface area contributed by atoms with Crippen LogP contribution in [0, 0.1) is 6.92 Å². The zero-order valence-corrected chi connectivity index (χ0v) is 16.0. The lowest BCUT2D eigenvalue weighted by Gasteiger charge is -2.12. The lowest BCUT2D eigenvalue weighted by Crippen LogP contribution is -2.06. The van der Waals surface area contributed by atoms with E-state index in [4.69, 9.17) is 4.98 Å². The number of imidazole rings is 1. The number of aromatic nitrogens is 2. The molecule has 0 aliphatic rings. The summed E-state index contributed by atoms with van der Waals surface area (Å²) in [6.07, 6.45) is 0.842. The Kier molecular flexibility index (Phi) is 4.17. The van der Waals surface area contributed by atoms with Crippen molar-refractivity contribution in [3.05, 3.63) is 114 Å². The molecule has 0 saturated heterocycles. The summed E-state index contributed by atoms with van der Waals surface area (Å²) in [6, 6.07) is 32.3. The van der Waals surface area contributed by atoms with Crippen LogP contribution in [0.4, 0.5) is 0 Å². The maximum absolute atomic E-state index is 4.97. The van der Waals surface area contributed by atoms with E-state index >= 15 is 0 Å². The van der Waals surface area contributed by atoms with Gasteiger partial charge in [-0.3, -0.25) is 0 Å². The molecular weight excluding hydrogens is 340 g/mol. The number of benzene rings is 4. The van der Waals surface area contributed by atoms with Crippen LogP contribution in [0.1, 0.15) is 22.5 Å². The number of nitrogens with zero attached hydrogens (tertiary/aromatic N) is 2. The lowest BCUT2D eigenvalue weighted by atomic mass is 10.1. The van der Waals surface area contributed by atoms with Gasteiger partial charge in [-0.25, -0.2) is 4.98 Å². The molecule has 0 saturated carbocycles. The number of hydrogen-bond donors (Lipinski definition) is 0. The second kappa shape index (κ2) is 6.97. The predicted molar refractivity (Wildman–Crippen MR) is 117 cm³/mol. The largest absolute Gasteiger partial charge is 0.323 e. The molecule has 0 N–H and O–H groups in total. The Labute approximate surface area is 165 Å². The molecular formula is C26H22N2. The Morgan fingerprint density at radius 1 is 0.750 bits per heavy atom. The van der Waals surface area contributed by atoms with Crippen molar-refractivity contribution >= 4 is 21.8 Å². The molecule has 0 atom stereocenters. The molecule has 0 unspecified atom stereocenters. The Hall–Kier alpha value is -3.39. The fourth-order valence-corrected chi connectivity index (χ4v) is 3.94.